The van der Waals surface area contributed by atoms with E-state index in [2.05, 4.69) is 24.3 Å². The van der Waals surface area contributed by atoms with Gasteiger partial charge in [-0.3, -0.25) is 0 Å². The van der Waals surface area contributed by atoms with Crippen LogP contribution in [-0.2, 0) is 0 Å². The highest BCUT2D eigenvalue weighted by Gasteiger charge is 2.18. The maximum absolute atomic E-state index is 9.35. The lowest BCUT2D eigenvalue weighted by Crippen LogP contribution is -2.28. The highest BCUT2D eigenvalue weighted by molar-refractivity contribution is 7.21. The largest absolute Gasteiger partial charge is 0.499 e. The first kappa shape index (κ1) is 13.1. The summed E-state index contributed by atoms with van der Waals surface area (Å²) in [6.45, 7) is 0. The third-order valence-corrected chi connectivity index (χ3v) is 4.19. The second-order valence-corrected chi connectivity index (χ2v) is 5.46. The monoisotopic (exact) mass is 280 g/mol. The number of rotatable bonds is 3. The quantitative estimate of drug-likeness (QED) is 0.724. The van der Waals surface area contributed by atoms with Crippen LogP contribution in [0.4, 0.5) is 0 Å². The van der Waals surface area contributed by atoms with Crippen molar-refractivity contribution in [3.05, 3.63) is 66.0 Å². The normalized spacial score (nSPS) is 10.5. The lowest BCUT2D eigenvalue weighted by Gasteiger charge is -2.06. The van der Waals surface area contributed by atoms with E-state index in [0.29, 0.717) is 4.78 Å². The first-order chi connectivity index (χ1) is 9.75. The minimum absolute atomic E-state index is 0.581. The molecule has 0 bridgehead atoms. The van der Waals surface area contributed by atoms with Gasteiger partial charge in [-0.15, -0.1) is 0 Å². The minimum Gasteiger partial charge on any atom is -0.423 e. The zero-order valence-electron chi connectivity index (χ0n) is 10.7. The topological polar surface area (TPSA) is 40.5 Å². The Morgan fingerprint density at radius 2 is 1.30 bits per heavy atom. The Labute approximate surface area is 122 Å². The van der Waals surface area contributed by atoms with Crippen molar-refractivity contribution >= 4 is 23.2 Å². The number of thiophene rings is 1. The first-order valence-corrected chi connectivity index (χ1v) is 7.23. The van der Waals surface area contributed by atoms with Gasteiger partial charge in [-0.05, 0) is 33.7 Å². The molecule has 1 aromatic heterocycles. The predicted molar refractivity (Wildman–Crippen MR) is 85.0 cm³/mol. The molecule has 98 valence electrons. The lowest BCUT2D eigenvalue weighted by atomic mass is 9.84. The summed E-state index contributed by atoms with van der Waals surface area (Å²) in [7, 11) is -1.42. The van der Waals surface area contributed by atoms with E-state index in [1.165, 1.54) is 16.9 Å². The Hall–Kier alpha value is -1.88. The first-order valence-electron chi connectivity index (χ1n) is 6.35. The second kappa shape index (κ2) is 5.63. The molecule has 0 amide bonds. The van der Waals surface area contributed by atoms with Crippen LogP contribution >= 0.6 is 11.3 Å². The summed E-state index contributed by atoms with van der Waals surface area (Å²) in [5, 5.41) is 20.6. The SMILES string of the molecule is OB(O)c1sccc1-c1ccc(-c2ccccc2)cc1. The molecule has 0 atom stereocenters. The molecule has 0 aliphatic rings. The third kappa shape index (κ3) is 2.54. The van der Waals surface area contributed by atoms with E-state index in [1.54, 1.807) is 0 Å². The summed E-state index contributed by atoms with van der Waals surface area (Å²) in [4.78, 5) is 0. The van der Waals surface area contributed by atoms with Gasteiger partial charge in [0.15, 0.2) is 0 Å². The van der Waals surface area contributed by atoms with E-state index in [0.717, 1.165) is 16.7 Å². The number of hydrogen-bond donors (Lipinski definition) is 2. The molecule has 0 saturated carbocycles. The fourth-order valence-electron chi connectivity index (χ4n) is 2.23. The number of benzene rings is 2. The average molecular weight is 280 g/mol. The van der Waals surface area contributed by atoms with Gasteiger partial charge < -0.3 is 10.0 Å². The smallest absolute Gasteiger partial charge is 0.423 e. The highest BCUT2D eigenvalue weighted by Crippen LogP contribution is 2.25. The van der Waals surface area contributed by atoms with E-state index in [-0.39, 0.29) is 0 Å². The van der Waals surface area contributed by atoms with E-state index in [9.17, 15) is 10.0 Å². The fourth-order valence-corrected chi connectivity index (χ4v) is 3.02. The zero-order valence-corrected chi connectivity index (χ0v) is 11.5. The van der Waals surface area contributed by atoms with Gasteiger partial charge in [0.25, 0.3) is 0 Å². The van der Waals surface area contributed by atoms with Gasteiger partial charge in [0.05, 0.1) is 0 Å². The Balaban J connectivity index is 1.96. The maximum Gasteiger partial charge on any atom is 0.499 e. The molecule has 0 aliphatic carbocycles. The molecule has 4 heteroatoms. The summed E-state index contributed by atoms with van der Waals surface area (Å²) in [6.07, 6.45) is 0. The molecular formula is C16H13BO2S. The van der Waals surface area contributed by atoms with Crippen LogP contribution in [0.5, 0.6) is 0 Å². The van der Waals surface area contributed by atoms with Crippen molar-refractivity contribution < 1.29 is 10.0 Å². The predicted octanol–water partition coefficient (Wildman–Crippen LogP) is 2.76. The van der Waals surface area contributed by atoms with Crippen LogP contribution in [0, 0.1) is 0 Å². The Morgan fingerprint density at radius 3 is 1.95 bits per heavy atom. The molecule has 0 saturated heterocycles. The molecule has 1 heterocycles. The van der Waals surface area contributed by atoms with Gasteiger partial charge in [-0.25, -0.2) is 0 Å². The van der Waals surface area contributed by atoms with Gasteiger partial charge in [0.1, 0.15) is 0 Å². The summed E-state index contributed by atoms with van der Waals surface area (Å²) < 4.78 is 0.581. The molecule has 0 aliphatic heterocycles. The Bertz CT molecular complexity index is 690. The van der Waals surface area contributed by atoms with Gasteiger partial charge in [0, 0.05) is 4.78 Å². The number of hydrogen-bond acceptors (Lipinski definition) is 3. The molecule has 20 heavy (non-hydrogen) atoms. The molecule has 0 fully saturated rings. The molecule has 2 aromatic carbocycles. The van der Waals surface area contributed by atoms with Gasteiger partial charge >= 0.3 is 7.12 Å². The van der Waals surface area contributed by atoms with Crippen molar-refractivity contribution in [1.29, 1.82) is 0 Å². The van der Waals surface area contributed by atoms with Crippen LogP contribution in [-0.4, -0.2) is 17.2 Å². The van der Waals surface area contributed by atoms with Gasteiger partial charge in [-0.2, -0.15) is 11.3 Å². The van der Waals surface area contributed by atoms with Crippen molar-refractivity contribution in [1.82, 2.24) is 0 Å². The summed E-state index contributed by atoms with van der Waals surface area (Å²) in [5.74, 6) is 0. The average Bonchev–Trinajstić information content (AvgIpc) is 2.98. The standard InChI is InChI=1S/C16H13BO2S/c18-17(19)16-15(10-11-20-16)14-8-6-13(7-9-14)12-4-2-1-3-5-12/h1-11,18-19H. The molecule has 2 N–H and O–H groups in total. The molecule has 0 radical (unpaired) electrons. The van der Waals surface area contributed by atoms with Crippen molar-refractivity contribution in [2.24, 2.45) is 0 Å². The van der Waals surface area contributed by atoms with E-state index >= 15 is 0 Å². The van der Waals surface area contributed by atoms with Crippen LogP contribution < -0.4 is 4.78 Å². The van der Waals surface area contributed by atoms with Crippen LogP contribution in [0.1, 0.15) is 0 Å². The van der Waals surface area contributed by atoms with Crippen LogP contribution in [0.15, 0.2) is 66.0 Å². The van der Waals surface area contributed by atoms with Crippen LogP contribution in [0.2, 0.25) is 0 Å². The van der Waals surface area contributed by atoms with Crippen LogP contribution in [0.3, 0.4) is 0 Å². The van der Waals surface area contributed by atoms with Crippen molar-refractivity contribution in [2.45, 2.75) is 0 Å². The van der Waals surface area contributed by atoms with E-state index in [1.807, 2.05) is 41.8 Å². The zero-order chi connectivity index (χ0) is 13.9. The van der Waals surface area contributed by atoms with Crippen molar-refractivity contribution in [2.75, 3.05) is 0 Å². The summed E-state index contributed by atoms with van der Waals surface area (Å²) in [5.41, 5.74) is 4.20. The van der Waals surface area contributed by atoms with Crippen molar-refractivity contribution in [3.8, 4) is 22.3 Å². The van der Waals surface area contributed by atoms with Gasteiger partial charge in [0.2, 0.25) is 0 Å². The van der Waals surface area contributed by atoms with Gasteiger partial charge in [-0.1, -0.05) is 54.6 Å². The van der Waals surface area contributed by atoms with E-state index in [4.69, 9.17) is 0 Å². The highest BCUT2D eigenvalue weighted by atomic mass is 32.1. The Morgan fingerprint density at radius 1 is 0.700 bits per heavy atom. The molecule has 2 nitrogen and oxygen atoms in total. The molecule has 0 unspecified atom stereocenters. The lowest BCUT2D eigenvalue weighted by molar-refractivity contribution is 0.427. The molecule has 0 spiro atoms. The van der Waals surface area contributed by atoms with Crippen molar-refractivity contribution in [3.63, 3.8) is 0 Å². The van der Waals surface area contributed by atoms with Crippen LogP contribution in [0.25, 0.3) is 22.3 Å². The summed E-state index contributed by atoms with van der Waals surface area (Å²) >= 11 is 1.35. The molecule has 3 aromatic rings. The molecular weight excluding hydrogens is 267 g/mol. The Kier molecular flexibility index (Phi) is 3.69. The maximum atomic E-state index is 9.35. The van der Waals surface area contributed by atoms with E-state index < -0.39 is 7.12 Å². The fraction of sp³-hybridized carbons (Fsp3) is 0. The summed E-state index contributed by atoms with van der Waals surface area (Å²) in [6, 6.07) is 20.2. The third-order valence-electron chi connectivity index (χ3n) is 3.23. The minimum atomic E-state index is -1.42. The second-order valence-electron chi connectivity index (χ2n) is 4.52. The molecule has 3 rings (SSSR count).